The van der Waals surface area contributed by atoms with Crippen molar-refractivity contribution in [1.82, 2.24) is 10.2 Å². The number of carbonyl (C=O) groups excluding carboxylic acids is 2. The van der Waals surface area contributed by atoms with Crippen LogP contribution in [0.25, 0.3) is 0 Å². The summed E-state index contributed by atoms with van der Waals surface area (Å²) in [4.78, 5) is 29.0. The summed E-state index contributed by atoms with van der Waals surface area (Å²) >= 11 is 0. The van der Waals surface area contributed by atoms with E-state index >= 15 is 0 Å². The number of rotatable bonds is 6. The maximum absolute atomic E-state index is 12.6. The smallest absolute Gasteiger partial charge is 0.227 e. The molecule has 2 fully saturated rings. The van der Waals surface area contributed by atoms with Crippen molar-refractivity contribution < 1.29 is 19.1 Å². The summed E-state index contributed by atoms with van der Waals surface area (Å²) in [6.45, 7) is 6.45. The number of para-hydroxylation sites is 2. The van der Waals surface area contributed by atoms with E-state index in [9.17, 15) is 9.59 Å². The number of anilines is 1. The molecule has 3 rings (SSSR count). The minimum atomic E-state index is -0.334. The highest BCUT2D eigenvalue weighted by molar-refractivity contribution is 6.01. The van der Waals surface area contributed by atoms with E-state index in [1.54, 1.807) is 12.0 Å². The van der Waals surface area contributed by atoms with E-state index in [1.165, 1.54) is 0 Å². The molecule has 1 N–H and O–H groups in total. The molecular formula is C19H27N3O4. The summed E-state index contributed by atoms with van der Waals surface area (Å²) in [6, 6.07) is 7.43. The number of hydrogen-bond acceptors (Lipinski definition) is 5. The molecular weight excluding hydrogens is 334 g/mol. The summed E-state index contributed by atoms with van der Waals surface area (Å²) < 4.78 is 10.7. The van der Waals surface area contributed by atoms with Gasteiger partial charge in [0.2, 0.25) is 11.8 Å². The monoisotopic (exact) mass is 361 g/mol. The molecule has 26 heavy (non-hydrogen) atoms. The molecule has 0 saturated carbocycles. The number of nitrogens with zero attached hydrogens (tertiary/aromatic N) is 2. The van der Waals surface area contributed by atoms with Gasteiger partial charge in [-0.1, -0.05) is 12.1 Å². The Morgan fingerprint density at radius 2 is 2.08 bits per heavy atom. The molecule has 2 aliphatic heterocycles. The lowest BCUT2D eigenvalue weighted by molar-refractivity contribution is -0.127. The van der Waals surface area contributed by atoms with Crippen molar-refractivity contribution in [3.05, 3.63) is 24.3 Å². The van der Waals surface area contributed by atoms with Crippen molar-refractivity contribution in [3.63, 3.8) is 0 Å². The number of amides is 2. The van der Waals surface area contributed by atoms with Crippen molar-refractivity contribution in [3.8, 4) is 5.75 Å². The van der Waals surface area contributed by atoms with Crippen LogP contribution in [0.2, 0.25) is 0 Å². The predicted molar refractivity (Wildman–Crippen MR) is 98.3 cm³/mol. The van der Waals surface area contributed by atoms with E-state index in [0.717, 1.165) is 38.5 Å². The Labute approximate surface area is 154 Å². The lowest BCUT2D eigenvalue weighted by Gasteiger charge is -2.29. The molecule has 1 aromatic rings. The van der Waals surface area contributed by atoms with Crippen LogP contribution in [-0.2, 0) is 14.3 Å². The van der Waals surface area contributed by atoms with E-state index in [-0.39, 0.29) is 30.2 Å². The number of ether oxygens (including phenoxy) is 2. The Balaban J connectivity index is 1.56. The maximum atomic E-state index is 12.6. The normalized spacial score (nSPS) is 22.3. The zero-order chi connectivity index (χ0) is 18.5. The van der Waals surface area contributed by atoms with Crippen molar-refractivity contribution in [2.45, 2.75) is 19.4 Å². The number of methoxy groups -OCH3 is 1. The minimum absolute atomic E-state index is 0.0380. The molecule has 0 bridgehead atoms. The van der Waals surface area contributed by atoms with Gasteiger partial charge in [0.15, 0.2) is 0 Å². The van der Waals surface area contributed by atoms with Gasteiger partial charge < -0.3 is 19.7 Å². The van der Waals surface area contributed by atoms with E-state index in [0.29, 0.717) is 12.3 Å². The van der Waals surface area contributed by atoms with E-state index in [2.05, 4.69) is 10.2 Å². The molecule has 0 radical (unpaired) electrons. The molecule has 1 aromatic carbocycles. The average Bonchev–Trinajstić information content (AvgIpc) is 3.04. The van der Waals surface area contributed by atoms with Gasteiger partial charge in [-0.25, -0.2) is 0 Å². The molecule has 2 heterocycles. The third-order valence-corrected chi connectivity index (χ3v) is 4.90. The molecule has 2 unspecified atom stereocenters. The van der Waals surface area contributed by atoms with Gasteiger partial charge in [0, 0.05) is 38.6 Å². The lowest BCUT2D eigenvalue weighted by atomic mass is 10.1. The molecule has 2 amide bonds. The third-order valence-electron chi connectivity index (χ3n) is 4.90. The van der Waals surface area contributed by atoms with Gasteiger partial charge in [-0.3, -0.25) is 14.5 Å². The number of benzene rings is 1. The quantitative estimate of drug-likeness (QED) is 0.815. The maximum Gasteiger partial charge on any atom is 0.227 e. The van der Waals surface area contributed by atoms with Crippen LogP contribution in [0.5, 0.6) is 5.75 Å². The van der Waals surface area contributed by atoms with Crippen LogP contribution >= 0.6 is 0 Å². The topological polar surface area (TPSA) is 71.1 Å². The summed E-state index contributed by atoms with van der Waals surface area (Å²) in [7, 11) is 1.58. The number of carbonyl (C=O) groups is 2. The fraction of sp³-hybridized carbons (Fsp3) is 0.579. The second-order valence-corrected chi connectivity index (χ2v) is 6.90. The first-order chi connectivity index (χ1) is 12.6. The molecule has 7 nitrogen and oxygen atoms in total. The first-order valence-electron chi connectivity index (χ1n) is 9.12. The molecule has 0 aromatic heterocycles. The van der Waals surface area contributed by atoms with Crippen molar-refractivity contribution in [1.29, 1.82) is 0 Å². The van der Waals surface area contributed by atoms with Crippen LogP contribution in [0, 0.1) is 5.92 Å². The van der Waals surface area contributed by atoms with Crippen LogP contribution in [-0.4, -0.2) is 69.3 Å². The van der Waals surface area contributed by atoms with Crippen LogP contribution in [0.15, 0.2) is 24.3 Å². The summed E-state index contributed by atoms with van der Waals surface area (Å²) in [6.07, 6.45) is 0.230. The molecule has 2 atom stereocenters. The molecule has 2 saturated heterocycles. The standard InChI is InChI=1S/C19H27N3O4/c1-14(12-21-7-9-26-10-8-21)20-19(24)15-11-18(23)22(13-15)16-5-3-4-6-17(16)25-2/h3-6,14-15H,7-13H2,1-2H3,(H,20,24). The highest BCUT2D eigenvalue weighted by atomic mass is 16.5. The van der Waals surface area contributed by atoms with Crippen molar-refractivity contribution in [2.24, 2.45) is 5.92 Å². The fourth-order valence-corrected chi connectivity index (χ4v) is 3.55. The average molecular weight is 361 g/mol. The number of morpholine rings is 1. The van der Waals surface area contributed by atoms with E-state index < -0.39 is 0 Å². The fourth-order valence-electron chi connectivity index (χ4n) is 3.55. The zero-order valence-corrected chi connectivity index (χ0v) is 15.4. The van der Waals surface area contributed by atoms with Crippen LogP contribution in [0.4, 0.5) is 5.69 Å². The van der Waals surface area contributed by atoms with Crippen molar-refractivity contribution in [2.75, 3.05) is 51.4 Å². The third kappa shape index (κ3) is 4.34. The van der Waals surface area contributed by atoms with Gasteiger partial charge in [0.25, 0.3) is 0 Å². The van der Waals surface area contributed by atoms with Crippen LogP contribution in [0.3, 0.4) is 0 Å². The Hall–Kier alpha value is -2.12. The number of nitrogens with one attached hydrogen (secondary N) is 1. The molecule has 0 aliphatic carbocycles. The summed E-state index contributed by atoms with van der Waals surface area (Å²) in [5, 5.41) is 3.06. The Morgan fingerprint density at radius 3 is 2.81 bits per heavy atom. The lowest BCUT2D eigenvalue weighted by Crippen LogP contribution is -2.47. The second kappa shape index (κ2) is 8.51. The summed E-state index contributed by atoms with van der Waals surface area (Å²) in [5.41, 5.74) is 0.719. The van der Waals surface area contributed by atoms with Crippen LogP contribution in [0.1, 0.15) is 13.3 Å². The van der Waals surface area contributed by atoms with Gasteiger partial charge in [-0.15, -0.1) is 0 Å². The van der Waals surface area contributed by atoms with Crippen LogP contribution < -0.4 is 15.0 Å². The largest absolute Gasteiger partial charge is 0.495 e. The second-order valence-electron chi connectivity index (χ2n) is 6.90. The van der Waals surface area contributed by atoms with Crippen molar-refractivity contribution >= 4 is 17.5 Å². The van der Waals surface area contributed by atoms with E-state index in [4.69, 9.17) is 9.47 Å². The molecule has 2 aliphatic rings. The van der Waals surface area contributed by atoms with Gasteiger partial charge >= 0.3 is 0 Å². The molecule has 142 valence electrons. The van der Waals surface area contributed by atoms with Gasteiger partial charge in [0.05, 0.1) is 31.9 Å². The molecule has 7 heteroatoms. The highest BCUT2D eigenvalue weighted by Crippen LogP contribution is 2.32. The minimum Gasteiger partial charge on any atom is -0.495 e. The van der Waals surface area contributed by atoms with Gasteiger partial charge in [0.1, 0.15) is 5.75 Å². The first kappa shape index (κ1) is 18.7. The SMILES string of the molecule is COc1ccccc1N1CC(C(=O)NC(C)CN2CCOCC2)CC1=O. The number of hydrogen-bond donors (Lipinski definition) is 1. The first-order valence-corrected chi connectivity index (χ1v) is 9.12. The predicted octanol–water partition coefficient (Wildman–Crippen LogP) is 0.885. The Bertz CT molecular complexity index is 645. The van der Waals surface area contributed by atoms with E-state index in [1.807, 2.05) is 31.2 Å². The zero-order valence-electron chi connectivity index (χ0n) is 15.4. The Morgan fingerprint density at radius 1 is 1.35 bits per heavy atom. The van der Waals surface area contributed by atoms with Gasteiger partial charge in [-0.05, 0) is 19.1 Å². The van der Waals surface area contributed by atoms with Gasteiger partial charge in [-0.2, -0.15) is 0 Å². The highest BCUT2D eigenvalue weighted by Gasteiger charge is 2.36. The summed E-state index contributed by atoms with van der Waals surface area (Å²) in [5.74, 6) is 0.203. The Kier molecular flexibility index (Phi) is 6.11. The molecule has 0 spiro atoms.